The zero-order valence-corrected chi connectivity index (χ0v) is 20.2. The summed E-state index contributed by atoms with van der Waals surface area (Å²) >= 11 is 0. The van der Waals surface area contributed by atoms with Gasteiger partial charge in [0, 0.05) is 36.2 Å². The molecule has 3 heterocycles. The minimum Gasteiger partial charge on any atom is -0.439 e. The Hall–Kier alpha value is -4.84. The Bertz CT molecular complexity index is 1730. The van der Waals surface area contributed by atoms with Crippen molar-refractivity contribution in [3.63, 3.8) is 0 Å². The van der Waals surface area contributed by atoms with E-state index in [2.05, 4.69) is 71.5 Å². The van der Waals surface area contributed by atoms with Crippen molar-refractivity contribution >= 4 is 28.2 Å². The number of fused-ring (bicyclic) bond motifs is 4. The van der Waals surface area contributed by atoms with E-state index in [-0.39, 0.29) is 0 Å². The molecule has 1 aliphatic carbocycles. The topological polar surface area (TPSA) is 67.4 Å². The zero-order valence-electron chi connectivity index (χ0n) is 20.2. The normalized spacial score (nSPS) is 16.3. The Morgan fingerprint density at radius 3 is 2.68 bits per heavy atom. The third-order valence-electron chi connectivity index (χ3n) is 6.83. The van der Waals surface area contributed by atoms with Gasteiger partial charge in [-0.2, -0.15) is 0 Å². The molecule has 178 valence electrons. The highest BCUT2D eigenvalue weighted by molar-refractivity contribution is 6.20. The number of anilines is 1. The van der Waals surface area contributed by atoms with E-state index in [9.17, 15) is 0 Å². The predicted molar refractivity (Wildman–Crippen MR) is 147 cm³/mol. The molecule has 0 spiro atoms. The van der Waals surface area contributed by atoms with Crippen LogP contribution in [0.3, 0.4) is 0 Å². The average molecular weight is 482 g/mol. The molecular weight excluding hydrogens is 458 g/mol. The van der Waals surface area contributed by atoms with Crippen molar-refractivity contribution in [1.82, 2.24) is 15.0 Å². The van der Waals surface area contributed by atoms with Crippen LogP contribution in [0.1, 0.15) is 34.6 Å². The summed E-state index contributed by atoms with van der Waals surface area (Å²) in [7, 11) is 2.06. The number of oxazole rings is 1. The first-order valence-corrected chi connectivity index (χ1v) is 12.3. The molecule has 0 N–H and O–H groups in total. The molecule has 0 radical (unpaired) electrons. The van der Waals surface area contributed by atoms with E-state index < -0.39 is 6.17 Å². The highest BCUT2D eigenvalue weighted by Crippen LogP contribution is 2.40. The highest BCUT2D eigenvalue weighted by atomic mass is 16.4. The van der Waals surface area contributed by atoms with Crippen molar-refractivity contribution in [2.75, 3.05) is 11.9 Å². The summed E-state index contributed by atoms with van der Waals surface area (Å²) in [6.45, 7) is 0. The minimum atomic E-state index is -0.413. The smallest absolute Gasteiger partial charge is 0.246 e. The first-order chi connectivity index (χ1) is 18.3. The Labute approximate surface area is 214 Å². The van der Waals surface area contributed by atoms with Gasteiger partial charge in [-0.3, -0.25) is 4.99 Å². The van der Waals surface area contributed by atoms with E-state index in [0.717, 1.165) is 34.0 Å². The number of rotatable bonds is 3. The van der Waals surface area contributed by atoms with Crippen LogP contribution in [-0.4, -0.2) is 27.7 Å². The molecule has 2 aliphatic rings. The van der Waals surface area contributed by atoms with Gasteiger partial charge in [-0.25, -0.2) is 15.0 Å². The molecule has 0 amide bonds. The van der Waals surface area contributed by atoms with Crippen LogP contribution in [0.25, 0.3) is 28.4 Å². The lowest BCUT2D eigenvalue weighted by Crippen LogP contribution is -2.31. The van der Waals surface area contributed by atoms with E-state index in [1.54, 1.807) is 6.20 Å². The lowest BCUT2D eigenvalue weighted by Gasteiger charge is -2.34. The van der Waals surface area contributed by atoms with Crippen molar-refractivity contribution in [3.8, 4) is 11.6 Å². The third-order valence-corrected chi connectivity index (χ3v) is 6.83. The van der Waals surface area contributed by atoms with Crippen LogP contribution in [-0.2, 0) is 6.42 Å². The Balaban J connectivity index is 1.38. The maximum atomic E-state index is 6.09. The monoisotopic (exact) mass is 481 g/mol. The van der Waals surface area contributed by atoms with Gasteiger partial charge in [0.05, 0.1) is 11.4 Å². The zero-order chi connectivity index (χ0) is 24.8. The summed E-state index contributed by atoms with van der Waals surface area (Å²) in [6, 6.07) is 24.9. The largest absolute Gasteiger partial charge is 0.439 e. The van der Waals surface area contributed by atoms with Crippen LogP contribution in [0.2, 0.25) is 0 Å². The predicted octanol–water partition coefficient (Wildman–Crippen LogP) is 6.40. The van der Waals surface area contributed by atoms with Crippen molar-refractivity contribution < 1.29 is 4.42 Å². The first kappa shape index (κ1) is 21.4. The molecule has 3 aromatic carbocycles. The van der Waals surface area contributed by atoms with E-state index >= 15 is 0 Å². The summed E-state index contributed by atoms with van der Waals surface area (Å²) in [5.74, 6) is 1.92. The van der Waals surface area contributed by atoms with Gasteiger partial charge in [-0.1, -0.05) is 85.0 Å². The minimum absolute atomic E-state index is 0.413. The maximum absolute atomic E-state index is 6.09. The number of aromatic nitrogens is 3. The molecule has 5 aromatic rings. The summed E-state index contributed by atoms with van der Waals surface area (Å²) in [5, 5.41) is 2.35. The molecule has 0 fully saturated rings. The van der Waals surface area contributed by atoms with E-state index in [1.165, 1.54) is 10.8 Å². The molecule has 0 saturated heterocycles. The summed E-state index contributed by atoms with van der Waals surface area (Å²) < 4.78 is 6.09. The lowest BCUT2D eigenvalue weighted by molar-refractivity contribution is 0.527. The van der Waals surface area contributed by atoms with Crippen molar-refractivity contribution in [3.05, 3.63) is 126 Å². The summed E-state index contributed by atoms with van der Waals surface area (Å²) in [6.07, 6.45) is 10.0. The second-order valence-corrected chi connectivity index (χ2v) is 9.13. The van der Waals surface area contributed by atoms with Crippen LogP contribution < -0.4 is 4.90 Å². The lowest BCUT2D eigenvalue weighted by atomic mass is 9.94. The van der Waals surface area contributed by atoms with Gasteiger partial charge in [-0.15, -0.1) is 0 Å². The van der Waals surface area contributed by atoms with Gasteiger partial charge in [0.15, 0.2) is 12.0 Å². The van der Waals surface area contributed by atoms with Crippen molar-refractivity contribution in [2.24, 2.45) is 4.99 Å². The van der Waals surface area contributed by atoms with E-state index in [4.69, 9.17) is 19.4 Å². The molecule has 0 saturated carbocycles. The molecule has 1 atom stereocenters. The fourth-order valence-electron chi connectivity index (χ4n) is 5.05. The van der Waals surface area contributed by atoms with Gasteiger partial charge in [0.1, 0.15) is 17.1 Å². The first-order valence-electron chi connectivity index (χ1n) is 12.3. The van der Waals surface area contributed by atoms with Crippen molar-refractivity contribution in [1.29, 1.82) is 0 Å². The number of hydrogen-bond donors (Lipinski definition) is 0. The van der Waals surface area contributed by atoms with Crippen LogP contribution in [0.5, 0.6) is 0 Å². The third kappa shape index (κ3) is 3.65. The molecule has 6 heteroatoms. The van der Waals surface area contributed by atoms with Gasteiger partial charge in [-0.05, 0) is 17.5 Å². The number of hydrogen-bond acceptors (Lipinski definition) is 6. The van der Waals surface area contributed by atoms with Crippen LogP contribution in [0, 0.1) is 0 Å². The Morgan fingerprint density at radius 2 is 1.76 bits per heavy atom. The molecule has 1 aliphatic heterocycles. The fraction of sp³-hybridized carbons (Fsp3) is 0.0968. The van der Waals surface area contributed by atoms with Crippen LogP contribution >= 0.6 is 0 Å². The highest BCUT2D eigenvalue weighted by Gasteiger charge is 2.31. The summed E-state index contributed by atoms with van der Waals surface area (Å²) in [4.78, 5) is 21.6. The SMILES string of the molecule is CN1c2c(ccc3ccccc23)C(c2ccccc2)=NC1c1nccc(-c2nc3c(o2)CC=CC=C3)n1. The van der Waals surface area contributed by atoms with E-state index in [1.807, 2.05) is 42.5 Å². The average Bonchev–Trinajstić information content (AvgIpc) is 3.23. The van der Waals surface area contributed by atoms with Crippen molar-refractivity contribution in [2.45, 2.75) is 12.6 Å². The number of aliphatic imine (C=N–C) groups is 1. The van der Waals surface area contributed by atoms with Crippen LogP contribution in [0.4, 0.5) is 5.69 Å². The van der Waals surface area contributed by atoms with Gasteiger partial charge in [0.2, 0.25) is 5.89 Å². The molecule has 37 heavy (non-hydrogen) atoms. The Kier molecular flexibility index (Phi) is 5.03. The van der Waals surface area contributed by atoms with E-state index in [0.29, 0.717) is 23.8 Å². The summed E-state index contributed by atoms with van der Waals surface area (Å²) in [5.41, 5.74) is 5.67. The number of allylic oxidation sites excluding steroid dienone is 3. The second-order valence-electron chi connectivity index (χ2n) is 9.13. The second kappa shape index (κ2) is 8.68. The molecule has 6 nitrogen and oxygen atoms in total. The van der Waals surface area contributed by atoms with Crippen LogP contribution in [0.15, 0.2) is 107 Å². The molecule has 2 aromatic heterocycles. The van der Waals surface area contributed by atoms with Gasteiger partial charge < -0.3 is 9.32 Å². The molecule has 7 rings (SSSR count). The molecule has 1 unspecified atom stereocenters. The standard InChI is InChI=1S/C31H23N5O/c1-36-28-22-13-9-8-10-20(22)16-17-23(28)27(21-11-4-2-5-12-21)35-30(36)29-32-19-18-25(33-29)31-34-24-14-6-3-7-15-26(24)37-31/h2-14,16-19,30H,15H2,1H3. The number of benzene rings is 3. The van der Waals surface area contributed by atoms with Gasteiger partial charge in [0.25, 0.3) is 0 Å². The number of nitrogens with zero attached hydrogens (tertiary/aromatic N) is 5. The van der Waals surface area contributed by atoms with Gasteiger partial charge >= 0.3 is 0 Å². The quantitative estimate of drug-likeness (QED) is 0.298. The fourth-order valence-corrected chi connectivity index (χ4v) is 5.05. The molecule has 0 bridgehead atoms. The molecular formula is C31H23N5O. The Morgan fingerprint density at radius 1 is 0.892 bits per heavy atom. The maximum Gasteiger partial charge on any atom is 0.246 e.